The third kappa shape index (κ3) is 5.56. The van der Waals surface area contributed by atoms with Crippen LogP contribution in [0.2, 0.25) is 10.0 Å². The predicted octanol–water partition coefficient (Wildman–Crippen LogP) is 4.29. The van der Waals surface area contributed by atoms with Crippen LogP contribution in [0.25, 0.3) is 0 Å². The van der Waals surface area contributed by atoms with E-state index in [0.717, 1.165) is 5.56 Å². The van der Waals surface area contributed by atoms with E-state index in [0.29, 0.717) is 27.8 Å². The lowest BCUT2D eigenvalue weighted by atomic mass is 10.1. The first-order valence-electron chi connectivity index (χ1n) is 7.96. The molecule has 2 rings (SSSR count). The van der Waals surface area contributed by atoms with Gasteiger partial charge in [-0.1, -0.05) is 29.3 Å². The van der Waals surface area contributed by atoms with E-state index in [1.165, 1.54) is 19.2 Å². The number of nitrogens with zero attached hydrogens (tertiary/aromatic N) is 2. The fourth-order valence-corrected chi connectivity index (χ4v) is 3.01. The number of methoxy groups -OCH3 is 1. The number of anilines is 1. The Morgan fingerprint density at radius 1 is 1.30 bits per heavy atom. The number of nitro groups is 1. The quantitative estimate of drug-likeness (QED) is 0.542. The summed E-state index contributed by atoms with van der Waals surface area (Å²) in [6, 6.07) is 8.01. The topological polar surface area (TPSA) is 84.7 Å². The number of likely N-dealkylation sites (N-methyl/N-ethyl adjacent to an activating group) is 1. The summed E-state index contributed by atoms with van der Waals surface area (Å²) in [5.41, 5.74) is 1.73. The van der Waals surface area contributed by atoms with Gasteiger partial charge in [0, 0.05) is 34.4 Å². The van der Waals surface area contributed by atoms with E-state index in [1.54, 1.807) is 31.0 Å². The molecule has 0 aromatic heterocycles. The van der Waals surface area contributed by atoms with Crippen LogP contribution in [0.1, 0.15) is 11.1 Å². The SMILES string of the molecule is COc1cc(NC(=O)CN(C)Cc2ccc(Cl)cc2Cl)c(C)cc1[N+](=O)[O-]. The summed E-state index contributed by atoms with van der Waals surface area (Å²) in [5.74, 6) is -0.177. The molecule has 0 spiro atoms. The fourth-order valence-electron chi connectivity index (χ4n) is 2.55. The molecule has 0 aliphatic carbocycles. The van der Waals surface area contributed by atoms with Gasteiger partial charge in [0.05, 0.1) is 18.6 Å². The van der Waals surface area contributed by atoms with E-state index in [9.17, 15) is 14.9 Å². The molecule has 0 saturated carbocycles. The molecule has 0 atom stereocenters. The van der Waals surface area contributed by atoms with Crippen molar-refractivity contribution in [2.24, 2.45) is 0 Å². The van der Waals surface area contributed by atoms with E-state index in [1.807, 2.05) is 6.07 Å². The summed E-state index contributed by atoms with van der Waals surface area (Å²) in [7, 11) is 3.13. The number of rotatable bonds is 7. The minimum Gasteiger partial charge on any atom is -0.490 e. The Bertz CT molecular complexity index is 874. The van der Waals surface area contributed by atoms with Gasteiger partial charge in [-0.25, -0.2) is 0 Å². The third-order valence-electron chi connectivity index (χ3n) is 3.87. The molecule has 0 heterocycles. The molecule has 0 saturated heterocycles. The van der Waals surface area contributed by atoms with Crippen molar-refractivity contribution < 1.29 is 14.5 Å². The number of amides is 1. The summed E-state index contributed by atoms with van der Waals surface area (Å²) < 4.78 is 5.04. The zero-order valence-corrected chi connectivity index (χ0v) is 16.6. The Morgan fingerprint density at radius 2 is 2.00 bits per heavy atom. The lowest BCUT2D eigenvalue weighted by molar-refractivity contribution is -0.385. The van der Waals surface area contributed by atoms with Gasteiger partial charge >= 0.3 is 5.69 Å². The molecule has 0 fully saturated rings. The number of aryl methyl sites for hydroxylation is 1. The van der Waals surface area contributed by atoms with Crippen LogP contribution in [0.4, 0.5) is 11.4 Å². The predicted molar refractivity (Wildman–Crippen MR) is 106 cm³/mol. The molecule has 0 unspecified atom stereocenters. The molecule has 0 aliphatic heterocycles. The Hall–Kier alpha value is -2.35. The van der Waals surface area contributed by atoms with Crippen molar-refractivity contribution >= 4 is 40.5 Å². The highest BCUT2D eigenvalue weighted by Crippen LogP contribution is 2.32. The second kappa shape index (κ2) is 9.03. The van der Waals surface area contributed by atoms with E-state index < -0.39 is 4.92 Å². The molecule has 0 bridgehead atoms. The van der Waals surface area contributed by atoms with Crippen molar-refractivity contribution in [1.82, 2.24) is 4.90 Å². The molecule has 27 heavy (non-hydrogen) atoms. The van der Waals surface area contributed by atoms with Crippen LogP contribution >= 0.6 is 23.2 Å². The molecular weight excluding hydrogens is 393 g/mol. The van der Waals surface area contributed by atoms with Gasteiger partial charge in [0.25, 0.3) is 0 Å². The summed E-state index contributed by atoms with van der Waals surface area (Å²) in [5, 5.41) is 14.9. The Labute approximate surface area is 167 Å². The maximum atomic E-state index is 12.3. The first-order chi connectivity index (χ1) is 12.7. The highest BCUT2D eigenvalue weighted by atomic mass is 35.5. The van der Waals surface area contributed by atoms with Crippen LogP contribution in [0.15, 0.2) is 30.3 Å². The average Bonchev–Trinajstić information content (AvgIpc) is 2.58. The number of carbonyl (C=O) groups is 1. The number of benzene rings is 2. The number of ether oxygens (including phenoxy) is 1. The Morgan fingerprint density at radius 3 is 2.59 bits per heavy atom. The maximum absolute atomic E-state index is 12.3. The number of halogens is 2. The van der Waals surface area contributed by atoms with Gasteiger partial charge < -0.3 is 10.1 Å². The minimum absolute atomic E-state index is 0.0854. The normalized spacial score (nSPS) is 10.7. The Kier molecular flexibility index (Phi) is 7.01. The average molecular weight is 412 g/mol. The summed E-state index contributed by atoms with van der Waals surface area (Å²) >= 11 is 12.0. The van der Waals surface area contributed by atoms with Crippen molar-refractivity contribution in [3.8, 4) is 5.75 Å². The standard InChI is InChI=1S/C18H19Cl2N3O4/c1-11-6-16(23(25)26)17(27-3)8-15(11)21-18(24)10-22(2)9-12-4-5-13(19)7-14(12)20/h4-8H,9-10H2,1-3H3,(H,21,24). The lowest BCUT2D eigenvalue weighted by Crippen LogP contribution is -2.30. The second-order valence-corrected chi connectivity index (χ2v) is 6.90. The van der Waals surface area contributed by atoms with Crippen LogP contribution in [0.3, 0.4) is 0 Å². The van der Waals surface area contributed by atoms with Crippen LogP contribution in [0.5, 0.6) is 5.75 Å². The number of carbonyl (C=O) groups excluding carboxylic acids is 1. The van der Waals surface area contributed by atoms with E-state index >= 15 is 0 Å². The van der Waals surface area contributed by atoms with Crippen LogP contribution in [-0.2, 0) is 11.3 Å². The maximum Gasteiger partial charge on any atom is 0.311 e. The molecule has 0 radical (unpaired) electrons. The zero-order chi connectivity index (χ0) is 20.1. The van der Waals surface area contributed by atoms with Crippen molar-refractivity contribution in [3.63, 3.8) is 0 Å². The van der Waals surface area contributed by atoms with Crippen molar-refractivity contribution in [1.29, 1.82) is 0 Å². The molecule has 2 aromatic rings. The smallest absolute Gasteiger partial charge is 0.311 e. The number of nitrogens with one attached hydrogen (secondary N) is 1. The van der Waals surface area contributed by atoms with Gasteiger partial charge in [0.1, 0.15) is 0 Å². The minimum atomic E-state index is -0.527. The van der Waals surface area contributed by atoms with Crippen LogP contribution in [0, 0.1) is 17.0 Å². The first kappa shape index (κ1) is 21.0. The molecular formula is C18H19Cl2N3O4. The molecule has 1 amide bonds. The summed E-state index contributed by atoms with van der Waals surface area (Å²) in [6.45, 7) is 2.25. The van der Waals surface area contributed by atoms with Gasteiger partial charge in [-0.05, 0) is 37.2 Å². The second-order valence-electron chi connectivity index (χ2n) is 6.05. The van der Waals surface area contributed by atoms with E-state index in [-0.39, 0.29) is 23.9 Å². The molecule has 7 nitrogen and oxygen atoms in total. The number of nitro benzene ring substituents is 1. The van der Waals surface area contributed by atoms with Gasteiger partial charge in [-0.2, -0.15) is 0 Å². The van der Waals surface area contributed by atoms with Crippen molar-refractivity contribution in [2.75, 3.05) is 26.0 Å². The van der Waals surface area contributed by atoms with Crippen molar-refractivity contribution in [2.45, 2.75) is 13.5 Å². The van der Waals surface area contributed by atoms with Crippen LogP contribution in [-0.4, -0.2) is 36.4 Å². The molecule has 9 heteroatoms. The van der Waals surface area contributed by atoms with Gasteiger partial charge in [0.2, 0.25) is 5.91 Å². The largest absolute Gasteiger partial charge is 0.490 e. The first-order valence-corrected chi connectivity index (χ1v) is 8.72. The summed E-state index contributed by atoms with van der Waals surface area (Å²) in [6.07, 6.45) is 0. The van der Waals surface area contributed by atoms with E-state index in [4.69, 9.17) is 27.9 Å². The highest BCUT2D eigenvalue weighted by molar-refractivity contribution is 6.35. The van der Waals surface area contributed by atoms with Crippen LogP contribution < -0.4 is 10.1 Å². The zero-order valence-electron chi connectivity index (χ0n) is 15.1. The van der Waals surface area contributed by atoms with Gasteiger partial charge in [-0.3, -0.25) is 19.8 Å². The van der Waals surface area contributed by atoms with E-state index in [2.05, 4.69) is 5.32 Å². The number of hydrogen-bond acceptors (Lipinski definition) is 5. The molecule has 2 aromatic carbocycles. The molecule has 144 valence electrons. The monoisotopic (exact) mass is 411 g/mol. The van der Waals surface area contributed by atoms with Gasteiger partial charge in [0.15, 0.2) is 5.75 Å². The summed E-state index contributed by atoms with van der Waals surface area (Å²) in [4.78, 5) is 24.7. The fraction of sp³-hybridized carbons (Fsp3) is 0.278. The lowest BCUT2D eigenvalue weighted by Gasteiger charge is -2.18. The third-order valence-corrected chi connectivity index (χ3v) is 4.45. The number of hydrogen-bond donors (Lipinski definition) is 1. The highest BCUT2D eigenvalue weighted by Gasteiger charge is 2.19. The Balaban J connectivity index is 2.05. The molecule has 0 aliphatic rings. The molecule has 1 N–H and O–H groups in total. The van der Waals surface area contributed by atoms with Crippen molar-refractivity contribution in [3.05, 3.63) is 61.6 Å². The van der Waals surface area contributed by atoms with Gasteiger partial charge in [-0.15, -0.1) is 0 Å².